The molecule has 1 N–H and O–H groups in total. The first-order chi connectivity index (χ1) is 12.1. The van der Waals surface area contributed by atoms with Crippen LogP contribution in [0.15, 0.2) is 54.7 Å². The zero-order chi connectivity index (χ0) is 17.8. The van der Waals surface area contributed by atoms with Crippen molar-refractivity contribution in [2.75, 3.05) is 5.32 Å². The lowest BCUT2D eigenvalue weighted by Gasteiger charge is -2.10. The molecule has 1 unspecified atom stereocenters. The Morgan fingerprint density at radius 1 is 1.16 bits per heavy atom. The van der Waals surface area contributed by atoms with Crippen LogP contribution in [0.4, 0.5) is 5.82 Å². The Hall–Kier alpha value is -3.30. The third-order valence-corrected chi connectivity index (χ3v) is 3.80. The first-order valence-electron chi connectivity index (χ1n) is 7.31. The summed E-state index contributed by atoms with van der Waals surface area (Å²) < 4.78 is 0. The number of nitrogens with zero attached hydrogens (tertiary/aromatic N) is 3. The SMILES string of the molecule is N#CC(C(=O)Nc1ccccn1)C(=O)c1cc2ccccc2c(Cl)n1. The highest BCUT2D eigenvalue weighted by molar-refractivity contribution is 6.34. The number of ketones is 1. The van der Waals surface area contributed by atoms with Crippen molar-refractivity contribution in [2.45, 2.75) is 0 Å². The van der Waals surface area contributed by atoms with Crippen molar-refractivity contribution >= 4 is 39.9 Å². The van der Waals surface area contributed by atoms with Crippen LogP contribution in [-0.4, -0.2) is 21.7 Å². The standard InChI is InChI=1S/C18H11ClN4O2/c19-17-12-6-2-1-5-11(12)9-14(22-17)16(24)13(10-20)18(25)23-15-7-3-4-8-21-15/h1-9,13H,(H,21,23,25). The molecule has 0 aliphatic heterocycles. The third-order valence-electron chi connectivity index (χ3n) is 3.52. The van der Waals surface area contributed by atoms with Crippen molar-refractivity contribution in [3.05, 3.63) is 65.6 Å². The average molecular weight is 351 g/mol. The normalized spacial score (nSPS) is 11.5. The molecule has 0 aliphatic carbocycles. The van der Waals surface area contributed by atoms with Crippen molar-refractivity contribution in [2.24, 2.45) is 5.92 Å². The molecule has 0 radical (unpaired) electrons. The van der Waals surface area contributed by atoms with E-state index in [-0.39, 0.29) is 16.7 Å². The minimum absolute atomic E-state index is 0.0357. The molecular formula is C18H11ClN4O2. The van der Waals surface area contributed by atoms with E-state index >= 15 is 0 Å². The van der Waals surface area contributed by atoms with E-state index in [1.807, 2.05) is 0 Å². The predicted octanol–water partition coefficient (Wildman–Crippen LogP) is 3.24. The molecule has 122 valence electrons. The number of amides is 1. The highest BCUT2D eigenvalue weighted by Gasteiger charge is 2.29. The number of hydrogen-bond donors (Lipinski definition) is 1. The molecule has 25 heavy (non-hydrogen) atoms. The van der Waals surface area contributed by atoms with Crippen molar-refractivity contribution in [3.63, 3.8) is 0 Å². The van der Waals surface area contributed by atoms with Crippen LogP contribution < -0.4 is 5.32 Å². The van der Waals surface area contributed by atoms with Gasteiger partial charge >= 0.3 is 0 Å². The van der Waals surface area contributed by atoms with Gasteiger partial charge in [-0.3, -0.25) is 9.59 Å². The second-order valence-corrected chi connectivity index (χ2v) is 5.51. The molecule has 2 heterocycles. The molecule has 1 aromatic carbocycles. The predicted molar refractivity (Wildman–Crippen MR) is 93.1 cm³/mol. The largest absolute Gasteiger partial charge is 0.309 e. The van der Waals surface area contributed by atoms with Gasteiger partial charge in [-0.05, 0) is 23.6 Å². The van der Waals surface area contributed by atoms with Gasteiger partial charge in [-0.1, -0.05) is 41.9 Å². The van der Waals surface area contributed by atoms with Crippen molar-refractivity contribution in [3.8, 4) is 6.07 Å². The van der Waals surface area contributed by atoms with Gasteiger partial charge in [0, 0.05) is 11.6 Å². The summed E-state index contributed by atoms with van der Waals surface area (Å²) in [5.74, 6) is -2.78. The summed E-state index contributed by atoms with van der Waals surface area (Å²) in [6, 6.07) is 15.3. The Morgan fingerprint density at radius 2 is 1.92 bits per heavy atom. The summed E-state index contributed by atoms with van der Waals surface area (Å²) in [6.45, 7) is 0. The molecule has 0 spiro atoms. The summed E-state index contributed by atoms with van der Waals surface area (Å²) >= 11 is 6.11. The van der Waals surface area contributed by atoms with Crippen LogP contribution in [0.2, 0.25) is 5.15 Å². The number of nitriles is 1. The van der Waals surface area contributed by atoms with E-state index in [1.54, 1.807) is 48.5 Å². The average Bonchev–Trinajstić information content (AvgIpc) is 2.63. The molecular weight excluding hydrogens is 340 g/mol. The number of carbonyl (C=O) groups is 2. The number of fused-ring (bicyclic) bond motifs is 1. The number of aromatic nitrogens is 2. The molecule has 0 fully saturated rings. The number of pyridine rings is 2. The van der Waals surface area contributed by atoms with E-state index in [0.717, 1.165) is 0 Å². The van der Waals surface area contributed by atoms with E-state index in [4.69, 9.17) is 11.6 Å². The summed E-state index contributed by atoms with van der Waals surface area (Å²) in [5, 5.41) is 13.2. The fourth-order valence-electron chi connectivity index (χ4n) is 2.30. The first kappa shape index (κ1) is 16.6. The zero-order valence-corrected chi connectivity index (χ0v) is 13.6. The fourth-order valence-corrected chi connectivity index (χ4v) is 2.56. The van der Waals surface area contributed by atoms with Gasteiger partial charge in [0.25, 0.3) is 5.91 Å². The van der Waals surface area contributed by atoms with Crippen LogP contribution in [0.5, 0.6) is 0 Å². The second kappa shape index (κ2) is 7.07. The number of Topliss-reactive ketones (excluding diaryl/α,β-unsaturated/α-hetero) is 1. The molecule has 7 heteroatoms. The minimum Gasteiger partial charge on any atom is -0.309 e. The van der Waals surface area contributed by atoms with Crippen LogP contribution in [0, 0.1) is 17.2 Å². The third kappa shape index (κ3) is 3.47. The van der Waals surface area contributed by atoms with Gasteiger partial charge in [-0.2, -0.15) is 5.26 Å². The highest BCUT2D eigenvalue weighted by Crippen LogP contribution is 2.23. The molecule has 0 saturated heterocycles. The van der Waals surface area contributed by atoms with Gasteiger partial charge in [0.15, 0.2) is 5.92 Å². The molecule has 2 aromatic heterocycles. The van der Waals surface area contributed by atoms with E-state index in [1.165, 1.54) is 12.3 Å². The van der Waals surface area contributed by atoms with Crippen molar-refractivity contribution in [1.29, 1.82) is 5.26 Å². The highest BCUT2D eigenvalue weighted by atomic mass is 35.5. The molecule has 3 aromatic rings. The number of hydrogen-bond acceptors (Lipinski definition) is 5. The first-order valence-corrected chi connectivity index (χ1v) is 7.69. The van der Waals surface area contributed by atoms with Gasteiger partial charge in [-0.25, -0.2) is 9.97 Å². The molecule has 1 atom stereocenters. The Bertz CT molecular complexity index is 999. The minimum atomic E-state index is -1.55. The quantitative estimate of drug-likeness (QED) is 0.442. The van der Waals surface area contributed by atoms with E-state index in [9.17, 15) is 14.9 Å². The molecule has 0 saturated carbocycles. The van der Waals surface area contributed by atoms with E-state index in [2.05, 4.69) is 15.3 Å². The summed E-state index contributed by atoms with van der Waals surface area (Å²) in [4.78, 5) is 32.8. The summed E-state index contributed by atoms with van der Waals surface area (Å²) in [7, 11) is 0. The fraction of sp³-hybridized carbons (Fsp3) is 0.0556. The Labute approximate surface area is 148 Å². The Morgan fingerprint density at radius 3 is 2.64 bits per heavy atom. The number of nitrogens with one attached hydrogen (secondary N) is 1. The lowest BCUT2D eigenvalue weighted by molar-refractivity contribution is -0.117. The summed E-state index contributed by atoms with van der Waals surface area (Å²) in [5.41, 5.74) is -0.0357. The molecule has 3 rings (SSSR count). The molecule has 6 nitrogen and oxygen atoms in total. The van der Waals surface area contributed by atoms with Crippen LogP contribution in [0.1, 0.15) is 10.5 Å². The second-order valence-electron chi connectivity index (χ2n) is 5.15. The zero-order valence-electron chi connectivity index (χ0n) is 12.8. The number of benzene rings is 1. The maximum absolute atomic E-state index is 12.6. The van der Waals surface area contributed by atoms with Crippen LogP contribution >= 0.6 is 11.6 Å². The van der Waals surface area contributed by atoms with Gasteiger partial charge in [0.2, 0.25) is 5.78 Å². The topological polar surface area (TPSA) is 95.7 Å². The molecule has 0 aliphatic rings. The van der Waals surface area contributed by atoms with Crippen molar-refractivity contribution in [1.82, 2.24) is 9.97 Å². The van der Waals surface area contributed by atoms with Crippen LogP contribution in [0.3, 0.4) is 0 Å². The Balaban J connectivity index is 1.90. The summed E-state index contributed by atoms with van der Waals surface area (Å²) in [6.07, 6.45) is 1.49. The van der Waals surface area contributed by atoms with Crippen LogP contribution in [0.25, 0.3) is 10.8 Å². The van der Waals surface area contributed by atoms with Gasteiger partial charge in [-0.15, -0.1) is 0 Å². The van der Waals surface area contributed by atoms with Crippen LogP contribution in [-0.2, 0) is 4.79 Å². The molecule has 0 bridgehead atoms. The number of rotatable bonds is 4. The molecule has 1 amide bonds. The van der Waals surface area contributed by atoms with Gasteiger partial charge in [0.1, 0.15) is 16.7 Å². The maximum atomic E-state index is 12.6. The van der Waals surface area contributed by atoms with E-state index < -0.39 is 17.6 Å². The van der Waals surface area contributed by atoms with E-state index in [0.29, 0.717) is 10.8 Å². The lowest BCUT2D eigenvalue weighted by Crippen LogP contribution is -2.29. The lowest BCUT2D eigenvalue weighted by atomic mass is 10.0. The number of anilines is 1. The van der Waals surface area contributed by atoms with Gasteiger partial charge in [0.05, 0.1) is 6.07 Å². The maximum Gasteiger partial charge on any atom is 0.250 e. The smallest absolute Gasteiger partial charge is 0.250 e. The number of carbonyl (C=O) groups excluding carboxylic acids is 2. The van der Waals surface area contributed by atoms with Gasteiger partial charge < -0.3 is 5.32 Å². The number of halogens is 1. The Kier molecular flexibility index (Phi) is 4.68. The van der Waals surface area contributed by atoms with Crippen molar-refractivity contribution < 1.29 is 9.59 Å². The monoisotopic (exact) mass is 350 g/mol.